The smallest absolute Gasteiger partial charge is 0.260 e. The Bertz CT molecular complexity index is 1400. The molecule has 0 amide bonds. The molecule has 0 aliphatic heterocycles. The third-order valence-electron chi connectivity index (χ3n) is 7.17. The summed E-state index contributed by atoms with van der Waals surface area (Å²) in [6.07, 6.45) is 4.30. The quantitative estimate of drug-likeness (QED) is 0.223. The molecule has 0 radical (unpaired) electrons. The van der Waals surface area contributed by atoms with Crippen LogP contribution >= 0.6 is 11.3 Å². The van der Waals surface area contributed by atoms with Gasteiger partial charge in [-0.25, -0.2) is 4.98 Å². The fraction of sp³-hybridized carbons (Fsp3) is 0.387. The molecule has 3 heterocycles. The summed E-state index contributed by atoms with van der Waals surface area (Å²) < 4.78 is 7.27. The maximum absolute atomic E-state index is 14.0. The number of hydrogen-bond donors (Lipinski definition) is 0. The lowest BCUT2D eigenvalue weighted by molar-refractivity contribution is 0.236. The molecule has 0 aliphatic rings. The number of likely N-dealkylation sites (N-methyl/N-ethyl adjacent to an activating group) is 2. The zero-order chi connectivity index (χ0) is 27.8. The molecule has 0 saturated heterocycles. The Morgan fingerprint density at radius 2 is 1.72 bits per heavy atom. The third kappa shape index (κ3) is 7.01. The molecule has 206 valence electrons. The van der Waals surface area contributed by atoms with Crippen LogP contribution in [0.25, 0.3) is 21.8 Å². The molecule has 4 rings (SSSR count). The molecule has 0 aliphatic carbocycles. The van der Waals surface area contributed by atoms with Crippen LogP contribution in [0, 0.1) is 0 Å². The first-order chi connectivity index (χ1) is 19.0. The van der Waals surface area contributed by atoms with Gasteiger partial charge < -0.3 is 19.1 Å². The second-order valence-corrected chi connectivity index (χ2v) is 10.5. The van der Waals surface area contributed by atoms with Crippen molar-refractivity contribution >= 4 is 11.3 Å². The van der Waals surface area contributed by atoms with Crippen molar-refractivity contribution < 1.29 is 4.74 Å². The van der Waals surface area contributed by atoms with Gasteiger partial charge in [0.15, 0.2) is 0 Å². The molecule has 0 unspecified atom stereocenters. The maximum Gasteiger partial charge on any atom is 0.260 e. The van der Waals surface area contributed by atoms with Gasteiger partial charge in [0.25, 0.3) is 5.56 Å². The summed E-state index contributed by atoms with van der Waals surface area (Å²) in [6.45, 7) is 11.9. The van der Waals surface area contributed by atoms with E-state index in [1.54, 1.807) is 30.8 Å². The van der Waals surface area contributed by atoms with Crippen molar-refractivity contribution in [2.75, 3.05) is 40.3 Å². The van der Waals surface area contributed by atoms with Crippen LogP contribution < -0.4 is 10.3 Å². The van der Waals surface area contributed by atoms with Gasteiger partial charge in [-0.15, -0.1) is 11.3 Å². The van der Waals surface area contributed by atoms with Gasteiger partial charge in [0.05, 0.1) is 24.9 Å². The van der Waals surface area contributed by atoms with E-state index in [1.165, 1.54) is 5.56 Å². The highest BCUT2D eigenvalue weighted by Crippen LogP contribution is 2.28. The SMILES string of the molecule is CCc1c(CN(C)CCN(CC)CC)cc(-c2csc(-c3ccncc3)n2)c(=O)n1Cc1ccc(OC)cc1. The number of benzene rings is 1. The number of ether oxygens (including phenoxy) is 1. The van der Waals surface area contributed by atoms with Gasteiger partial charge in [-0.1, -0.05) is 32.9 Å². The lowest BCUT2D eigenvalue weighted by Gasteiger charge is -2.25. The molecule has 0 saturated carbocycles. The number of hydrogen-bond acceptors (Lipinski definition) is 7. The Labute approximate surface area is 235 Å². The molecule has 0 atom stereocenters. The number of rotatable bonds is 13. The summed E-state index contributed by atoms with van der Waals surface area (Å²) in [7, 11) is 3.82. The predicted molar refractivity (Wildman–Crippen MR) is 161 cm³/mol. The Balaban J connectivity index is 1.75. The van der Waals surface area contributed by atoms with Crippen molar-refractivity contribution in [2.45, 2.75) is 40.3 Å². The van der Waals surface area contributed by atoms with Crippen molar-refractivity contribution in [1.29, 1.82) is 0 Å². The number of pyridine rings is 2. The van der Waals surface area contributed by atoms with Crippen LogP contribution in [0.5, 0.6) is 5.75 Å². The Hall–Kier alpha value is -3.33. The van der Waals surface area contributed by atoms with Crippen molar-refractivity contribution in [1.82, 2.24) is 24.3 Å². The first-order valence-corrected chi connectivity index (χ1v) is 14.5. The first kappa shape index (κ1) is 28.7. The van der Waals surface area contributed by atoms with E-state index in [1.807, 2.05) is 46.3 Å². The number of nitrogens with zero attached hydrogens (tertiary/aromatic N) is 5. The normalized spacial score (nSPS) is 11.5. The lowest BCUT2D eigenvalue weighted by atomic mass is 10.0. The van der Waals surface area contributed by atoms with E-state index >= 15 is 0 Å². The monoisotopic (exact) mass is 545 g/mol. The van der Waals surface area contributed by atoms with E-state index in [2.05, 4.69) is 48.7 Å². The van der Waals surface area contributed by atoms with Gasteiger partial charge in [-0.3, -0.25) is 9.78 Å². The Kier molecular flexibility index (Phi) is 10.0. The van der Waals surface area contributed by atoms with Gasteiger partial charge in [0.1, 0.15) is 10.8 Å². The Morgan fingerprint density at radius 1 is 1.00 bits per heavy atom. The molecule has 3 aromatic heterocycles. The molecular weight excluding hydrogens is 506 g/mol. The minimum Gasteiger partial charge on any atom is -0.497 e. The second-order valence-electron chi connectivity index (χ2n) is 9.66. The van der Waals surface area contributed by atoms with Crippen LogP contribution in [0.2, 0.25) is 0 Å². The zero-order valence-electron chi connectivity index (χ0n) is 23.7. The van der Waals surface area contributed by atoms with Gasteiger partial charge in [-0.05, 0) is 68.0 Å². The van der Waals surface area contributed by atoms with Gasteiger partial charge in [-0.2, -0.15) is 0 Å². The van der Waals surface area contributed by atoms with Crippen LogP contribution in [0.1, 0.15) is 37.6 Å². The van der Waals surface area contributed by atoms with Crippen LogP contribution in [-0.2, 0) is 19.5 Å². The van der Waals surface area contributed by atoms with Gasteiger partial charge in [0.2, 0.25) is 0 Å². The molecule has 7 nitrogen and oxygen atoms in total. The van der Waals surface area contributed by atoms with Crippen LogP contribution in [-0.4, -0.2) is 64.7 Å². The third-order valence-corrected chi connectivity index (χ3v) is 8.06. The first-order valence-electron chi connectivity index (χ1n) is 13.6. The summed E-state index contributed by atoms with van der Waals surface area (Å²) in [5, 5.41) is 2.87. The van der Waals surface area contributed by atoms with Crippen molar-refractivity contribution in [3.8, 4) is 27.6 Å². The average molecular weight is 546 g/mol. The molecule has 39 heavy (non-hydrogen) atoms. The molecule has 0 spiro atoms. The summed E-state index contributed by atoms with van der Waals surface area (Å²) in [6, 6.07) is 13.9. The summed E-state index contributed by atoms with van der Waals surface area (Å²) in [5.74, 6) is 0.803. The summed E-state index contributed by atoms with van der Waals surface area (Å²) in [4.78, 5) is 27.8. The summed E-state index contributed by atoms with van der Waals surface area (Å²) in [5.41, 5.74) is 5.64. The highest BCUT2D eigenvalue weighted by molar-refractivity contribution is 7.13. The highest BCUT2D eigenvalue weighted by atomic mass is 32.1. The Morgan fingerprint density at radius 3 is 2.36 bits per heavy atom. The molecule has 0 N–H and O–H groups in total. The average Bonchev–Trinajstić information content (AvgIpc) is 3.46. The minimum absolute atomic E-state index is 0.0104. The van der Waals surface area contributed by atoms with Crippen LogP contribution in [0.3, 0.4) is 0 Å². The van der Waals surface area contributed by atoms with Crippen LogP contribution in [0.15, 0.2) is 65.0 Å². The van der Waals surface area contributed by atoms with E-state index in [9.17, 15) is 4.79 Å². The van der Waals surface area contributed by atoms with Crippen LogP contribution in [0.4, 0.5) is 0 Å². The minimum atomic E-state index is -0.0104. The molecule has 0 bridgehead atoms. The number of methoxy groups -OCH3 is 1. The van der Waals surface area contributed by atoms with Gasteiger partial charge >= 0.3 is 0 Å². The highest BCUT2D eigenvalue weighted by Gasteiger charge is 2.19. The number of thiazole rings is 1. The van der Waals surface area contributed by atoms with E-state index in [4.69, 9.17) is 9.72 Å². The zero-order valence-corrected chi connectivity index (χ0v) is 24.5. The fourth-order valence-electron chi connectivity index (χ4n) is 4.83. The number of aromatic nitrogens is 3. The van der Waals surface area contributed by atoms with Crippen molar-refractivity contribution in [2.24, 2.45) is 0 Å². The molecular formula is C31H39N5O2S. The van der Waals surface area contributed by atoms with E-state index < -0.39 is 0 Å². The lowest BCUT2D eigenvalue weighted by Crippen LogP contribution is -2.34. The second kappa shape index (κ2) is 13.6. The van der Waals surface area contributed by atoms with E-state index in [0.29, 0.717) is 12.1 Å². The standard InChI is InChI=1S/C31H39N5O2S/c1-6-29-25(21-34(4)17-18-35(7-2)8-3)19-27(28-22-39-30(33-28)24-13-15-32-16-14-24)31(37)36(29)20-23-9-11-26(38-5)12-10-23/h9-16,19,22H,6-8,17-18,20-21H2,1-5H3. The molecule has 8 heteroatoms. The van der Waals surface area contributed by atoms with Gasteiger partial charge in [0, 0.05) is 48.7 Å². The topological polar surface area (TPSA) is 63.5 Å². The van der Waals surface area contributed by atoms with E-state index in [-0.39, 0.29) is 5.56 Å². The van der Waals surface area contributed by atoms with Crippen molar-refractivity contribution in [3.05, 3.63) is 87.4 Å². The predicted octanol–water partition coefficient (Wildman–Crippen LogP) is 5.43. The molecule has 0 fully saturated rings. The van der Waals surface area contributed by atoms with E-state index in [0.717, 1.165) is 72.4 Å². The maximum atomic E-state index is 14.0. The largest absolute Gasteiger partial charge is 0.497 e. The fourth-order valence-corrected chi connectivity index (χ4v) is 5.65. The summed E-state index contributed by atoms with van der Waals surface area (Å²) >= 11 is 1.55. The van der Waals surface area contributed by atoms with Crippen molar-refractivity contribution in [3.63, 3.8) is 0 Å². The molecule has 1 aromatic carbocycles. The molecule has 4 aromatic rings.